The van der Waals surface area contributed by atoms with Gasteiger partial charge in [0.05, 0.1) is 18.5 Å². The standard InChI is InChI=1S/C35H38N4O10S/c1-21(2)31(37-29(40)17-18-30(41)42)33(44)38-28(20-50-34(38)23-9-13-25(48-3)14-10-23)32(43)36-27(19-22-7-5-4-6-8-22)35(45)49-26-15-11-24(12-16-26)39(46)47/h4-16,21,27-28,31,34H,17-20H2,1-3H3,(H,36,43)(H,37,40)(H,41,42)/t27-,28-,31-,34+/m0/s1. The molecule has 1 heterocycles. The van der Waals surface area contributed by atoms with Crippen molar-refractivity contribution in [1.82, 2.24) is 15.5 Å². The molecule has 50 heavy (non-hydrogen) atoms. The van der Waals surface area contributed by atoms with Crippen molar-refractivity contribution >= 4 is 47.1 Å². The van der Waals surface area contributed by atoms with Crippen LogP contribution in [0.3, 0.4) is 0 Å². The van der Waals surface area contributed by atoms with Crippen molar-refractivity contribution in [3.8, 4) is 11.5 Å². The number of nitro benzene ring substituents is 1. The van der Waals surface area contributed by atoms with Crippen LogP contribution in [0, 0.1) is 16.0 Å². The number of rotatable bonds is 15. The van der Waals surface area contributed by atoms with Crippen LogP contribution < -0.4 is 20.1 Å². The van der Waals surface area contributed by atoms with E-state index in [1.165, 1.54) is 48.0 Å². The van der Waals surface area contributed by atoms with E-state index in [0.29, 0.717) is 16.9 Å². The van der Waals surface area contributed by atoms with Crippen molar-refractivity contribution in [2.75, 3.05) is 12.9 Å². The number of aliphatic carboxylic acids is 1. The lowest BCUT2D eigenvalue weighted by molar-refractivity contribution is -0.384. The first-order valence-corrected chi connectivity index (χ1v) is 16.8. The second-order valence-electron chi connectivity index (χ2n) is 11.8. The molecule has 0 aromatic heterocycles. The number of methoxy groups -OCH3 is 1. The Bertz CT molecular complexity index is 1690. The van der Waals surface area contributed by atoms with Gasteiger partial charge in [-0.15, -0.1) is 11.8 Å². The molecule has 1 aliphatic rings. The van der Waals surface area contributed by atoms with Gasteiger partial charge >= 0.3 is 11.9 Å². The number of benzene rings is 3. The van der Waals surface area contributed by atoms with Crippen LogP contribution in [0.2, 0.25) is 0 Å². The van der Waals surface area contributed by atoms with E-state index in [-0.39, 0.29) is 30.0 Å². The van der Waals surface area contributed by atoms with Crippen LogP contribution in [0.15, 0.2) is 78.9 Å². The maximum atomic E-state index is 14.3. The van der Waals surface area contributed by atoms with E-state index in [1.807, 2.05) is 0 Å². The van der Waals surface area contributed by atoms with Crippen LogP contribution in [0.25, 0.3) is 0 Å². The van der Waals surface area contributed by atoms with Gasteiger partial charge in [-0.2, -0.15) is 0 Å². The number of carbonyl (C=O) groups is 5. The molecule has 4 rings (SSSR count). The van der Waals surface area contributed by atoms with Gasteiger partial charge in [0.1, 0.15) is 35.0 Å². The molecule has 15 heteroatoms. The SMILES string of the molecule is COc1ccc([C@H]2SC[C@@H](C(=O)N[C@@H](Cc3ccccc3)C(=O)Oc3ccc([N+](=O)[O-])cc3)N2C(=O)[C@@H](NC(=O)CCC(=O)O)C(C)C)cc1. The summed E-state index contributed by atoms with van der Waals surface area (Å²) >= 11 is 1.33. The van der Waals surface area contributed by atoms with E-state index in [1.54, 1.807) is 68.4 Å². The smallest absolute Gasteiger partial charge is 0.334 e. The summed E-state index contributed by atoms with van der Waals surface area (Å²) in [6, 6.07) is 17.5. The first-order valence-electron chi connectivity index (χ1n) is 15.8. The Morgan fingerprint density at radius 3 is 2.16 bits per heavy atom. The summed E-state index contributed by atoms with van der Waals surface area (Å²) in [5, 5.41) is 24.9. The molecule has 0 radical (unpaired) electrons. The zero-order valence-corrected chi connectivity index (χ0v) is 28.5. The Morgan fingerprint density at radius 2 is 1.58 bits per heavy atom. The Labute approximate surface area is 292 Å². The highest BCUT2D eigenvalue weighted by atomic mass is 32.2. The average molecular weight is 707 g/mol. The molecule has 4 atom stereocenters. The molecule has 0 saturated carbocycles. The van der Waals surface area contributed by atoms with Gasteiger partial charge in [-0.25, -0.2) is 4.79 Å². The third-order valence-electron chi connectivity index (χ3n) is 7.92. The molecule has 1 saturated heterocycles. The number of esters is 1. The lowest BCUT2D eigenvalue weighted by atomic mass is 10.0. The minimum absolute atomic E-state index is 0.0409. The molecule has 3 amide bonds. The molecule has 0 bridgehead atoms. The fraction of sp³-hybridized carbons (Fsp3) is 0.343. The first-order chi connectivity index (χ1) is 23.9. The molecule has 1 aliphatic heterocycles. The Balaban J connectivity index is 1.64. The number of amides is 3. The van der Waals surface area contributed by atoms with E-state index in [4.69, 9.17) is 14.6 Å². The number of ether oxygens (including phenoxy) is 2. The molecular weight excluding hydrogens is 668 g/mol. The maximum Gasteiger partial charge on any atom is 0.334 e. The first kappa shape index (κ1) is 37.4. The van der Waals surface area contributed by atoms with Crippen molar-refractivity contribution in [2.24, 2.45) is 5.92 Å². The molecule has 3 aromatic rings. The Kier molecular flexibility index (Phi) is 12.9. The van der Waals surface area contributed by atoms with Gasteiger partial charge in [0, 0.05) is 30.7 Å². The summed E-state index contributed by atoms with van der Waals surface area (Å²) in [6.45, 7) is 3.45. The second kappa shape index (κ2) is 17.3. The van der Waals surface area contributed by atoms with Crippen LogP contribution in [0.4, 0.5) is 5.69 Å². The van der Waals surface area contributed by atoms with E-state index in [9.17, 15) is 34.1 Å². The van der Waals surface area contributed by atoms with Crippen molar-refractivity contribution < 1.29 is 43.5 Å². The number of nitro groups is 1. The highest BCUT2D eigenvalue weighted by molar-refractivity contribution is 7.99. The number of carboxylic acid groups (broad SMARTS) is 1. The topological polar surface area (TPSA) is 194 Å². The van der Waals surface area contributed by atoms with E-state index in [0.717, 1.165) is 0 Å². The van der Waals surface area contributed by atoms with E-state index < -0.39 is 70.4 Å². The molecule has 0 unspecified atom stereocenters. The third-order valence-corrected chi connectivity index (χ3v) is 9.25. The van der Waals surface area contributed by atoms with Gasteiger partial charge < -0.3 is 30.1 Å². The minimum Gasteiger partial charge on any atom is -0.497 e. The van der Waals surface area contributed by atoms with Crippen LogP contribution in [-0.2, 0) is 30.4 Å². The molecule has 14 nitrogen and oxygen atoms in total. The fourth-order valence-electron chi connectivity index (χ4n) is 5.28. The fourth-order valence-corrected chi connectivity index (χ4v) is 6.71. The van der Waals surface area contributed by atoms with Crippen molar-refractivity contribution in [2.45, 2.75) is 56.6 Å². The second-order valence-corrected chi connectivity index (χ2v) is 12.9. The van der Waals surface area contributed by atoms with Gasteiger partial charge in [0.25, 0.3) is 5.69 Å². The summed E-state index contributed by atoms with van der Waals surface area (Å²) in [5.41, 5.74) is 1.22. The lowest BCUT2D eigenvalue weighted by Gasteiger charge is -2.34. The Morgan fingerprint density at radius 1 is 0.940 bits per heavy atom. The van der Waals surface area contributed by atoms with Crippen LogP contribution in [-0.4, -0.2) is 75.6 Å². The monoisotopic (exact) mass is 706 g/mol. The summed E-state index contributed by atoms with van der Waals surface area (Å²) in [6.07, 6.45) is -0.699. The van der Waals surface area contributed by atoms with Crippen molar-refractivity contribution in [3.05, 3.63) is 100 Å². The van der Waals surface area contributed by atoms with Crippen LogP contribution in [0.5, 0.6) is 11.5 Å². The summed E-state index contributed by atoms with van der Waals surface area (Å²) in [7, 11) is 1.52. The van der Waals surface area contributed by atoms with Crippen LogP contribution in [0.1, 0.15) is 43.2 Å². The van der Waals surface area contributed by atoms with E-state index in [2.05, 4.69) is 10.6 Å². The maximum absolute atomic E-state index is 14.3. The summed E-state index contributed by atoms with van der Waals surface area (Å²) in [4.78, 5) is 77.6. The number of nitrogens with zero attached hydrogens (tertiary/aromatic N) is 2. The van der Waals surface area contributed by atoms with Crippen molar-refractivity contribution in [1.29, 1.82) is 0 Å². The van der Waals surface area contributed by atoms with Gasteiger partial charge in [-0.3, -0.25) is 29.3 Å². The zero-order valence-electron chi connectivity index (χ0n) is 27.6. The van der Waals surface area contributed by atoms with Gasteiger partial charge in [-0.05, 0) is 41.3 Å². The highest BCUT2D eigenvalue weighted by Gasteiger charge is 2.46. The number of thioether (sulfide) groups is 1. The predicted molar refractivity (Wildman–Crippen MR) is 183 cm³/mol. The van der Waals surface area contributed by atoms with Crippen molar-refractivity contribution in [3.63, 3.8) is 0 Å². The number of carboxylic acids is 1. The zero-order chi connectivity index (χ0) is 36.4. The molecule has 0 aliphatic carbocycles. The summed E-state index contributed by atoms with van der Waals surface area (Å²) in [5.74, 6) is -3.43. The normalized spacial score (nSPS) is 16.6. The van der Waals surface area contributed by atoms with Gasteiger partial charge in [0.2, 0.25) is 17.7 Å². The minimum atomic E-state index is -1.21. The quantitative estimate of drug-likeness (QED) is 0.0898. The molecule has 0 spiro atoms. The average Bonchev–Trinajstić information content (AvgIpc) is 3.55. The van der Waals surface area contributed by atoms with E-state index >= 15 is 0 Å². The Hall–Kier alpha value is -5.44. The molecule has 1 fully saturated rings. The molecule has 3 N–H and O–H groups in total. The molecule has 264 valence electrons. The van der Waals surface area contributed by atoms with Gasteiger partial charge in [-0.1, -0.05) is 56.3 Å². The highest BCUT2D eigenvalue weighted by Crippen LogP contribution is 2.42. The van der Waals surface area contributed by atoms with Gasteiger partial charge in [0.15, 0.2) is 0 Å². The number of nitrogens with one attached hydrogen (secondary N) is 2. The predicted octanol–water partition coefficient (Wildman–Crippen LogP) is 3.88. The number of non-ortho nitro benzene ring substituents is 1. The number of carbonyl (C=O) groups excluding carboxylic acids is 4. The summed E-state index contributed by atoms with van der Waals surface area (Å²) < 4.78 is 10.8. The largest absolute Gasteiger partial charge is 0.497 e. The third kappa shape index (κ3) is 9.81. The molecule has 3 aromatic carbocycles. The number of hydrogen-bond donors (Lipinski definition) is 3. The van der Waals surface area contributed by atoms with Crippen LogP contribution >= 0.6 is 11.8 Å². The molecular formula is C35H38N4O10S. The number of hydrogen-bond acceptors (Lipinski definition) is 10. The lowest BCUT2D eigenvalue weighted by Crippen LogP contribution is -2.58.